The van der Waals surface area contributed by atoms with Crippen LogP contribution in [0.3, 0.4) is 0 Å². The number of benzene rings is 3. The topological polar surface area (TPSA) is 30.8 Å². The molecule has 0 spiro atoms. The molecule has 0 saturated carbocycles. The first-order chi connectivity index (χ1) is 12.3. The first kappa shape index (κ1) is 17.0. The van der Waals surface area contributed by atoms with E-state index in [1.807, 2.05) is 55.6 Å². The van der Waals surface area contributed by atoms with Crippen molar-refractivity contribution < 1.29 is 9.47 Å². The van der Waals surface area contributed by atoms with Gasteiger partial charge in [-0.1, -0.05) is 37.3 Å². The zero-order valence-corrected chi connectivity index (χ0v) is 14.7. The summed E-state index contributed by atoms with van der Waals surface area (Å²) in [6.45, 7) is 5.44. The SMILES string of the molecule is CCCOc1ccc2ccccc2c1C=Nc1ccc(OCC)cc1. The number of fused-ring (bicyclic) bond motifs is 1. The first-order valence-corrected chi connectivity index (χ1v) is 8.73. The van der Waals surface area contributed by atoms with Crippen molar-refractivity contribution in [1.82, 2.24) is 0 Å². The van der Waals surface area contributed by atoms with Gasteiger partial charge in [-0.15, -0.1) is 0 Å². The molecule has 0 unspecified atom stereocenters. The monoisotopic (exact) mass is 333 g/mol. The van der Waals surface area contributed by atoms with E-state index in [2.05, 4.69) is 30.1 Å². The maximum Gasteiger partial charge on any atom is 0.128 e. The van der Waals surface area contributed by atoms with Crippen molar-refractivity contribution in [3.63, 3.8) is 0 Å². The van der Waals surface area contributed by atoms with Crippen LogP contribution in [0.25, 0.3) is 10.8 Å². The van der Waals surface area contributed by atoms with Crippen molar-refractivity contribution >= 4 is 22.7 Å². The second kappa shape index (κ2) is 8.34. The summed E-state index contributed by atoms with van der Waals surface area (Å²) in [6.07, 6.45) is 2.87. The number of rotatable bonds is 7. The van der Waals surface area contributed by atoms with Gasteiger partial charge in [-0.05, 0) is 54.4 Å². The van der Waals surface area contributed by atoms with E-state index in [4.69, 9.17) is 9.47 Å². The molecule has 0 saturated heterocycles. The molecule has 0 amide bonds. The highest BCUT2D eigenvalue weighted by atomic mass is 16.5. The van der Waals surface area contributed by atoms with E-state index in [1.165, 1.54) is 5.39 Å². The Morgan fingerprint density at radius 1 is 0.880 bits per heavy atom. The summed E-state index contributed by atoms with van der Waals surface area (Å²) in [5, 5.41) is 2.32. The minimum absolute atomic E-state index is 0.663. The molecule has 0 aliphatic rings. The fourth-order valence-electron chi connectivity index (χ4n) is 2.68. The van der Waals surface area contributed by atoms with Crippen LogP contribution in [0.4, 0.5) is 5.69 Å². The maximum atomic E-state index is 5.92. The highest BCUT2D eigenvalue weighted by Crippen LogP contribution is 2.28. The number of nitrogens with zero attached hydrogens (tertiary/aromatic N) is 1. The molecule has 0 bridgehead atoms. The molecule has 25 heavy (non-hydrogen) atoms. The van der Waals surface area contributed by atoms with Crippen LogP contribution in [0.5, 0.6) is 11.5 Å². The van der Waals surface area contributed by atoms with Gasteiger partial charge < -0.3 is 9.47 Å². The van der Waals surface area contributed by atoms with Gasteiger partial charge in [0, 0.05) is 11.8 Å². The Bertz CT molecular complexity index is 854. The summed E-state index contributed by atoms with van der Waals surface area (Å²) < 4.78 is 11.4. The molecule has 3 aromatic carbocycles. The van der Waals surface area contributed by atoms with Crippen molar-refractivity contribution in [2.45, 2.75) is 20.3 Å². The van der Waals surface area contributed by atoms with E-state index < -0.39 is 0 Å². The number of hydrogen-bond donors (Lipinski definition) is 0. The summed E-state index contributed by atoms with van der Waals surface area (Å²) >= 11 is 0. The highest BCUT2D eigenvalue weighted by molar-refractivity contribution is 6.03. The molecule has 0 atom stereocenters. The Hall–Kier alpha value is -2.81. The molecule has 3 heteroatoms. The average Bonchev–Trinajstić information content (AvgIpc) is 2.66. The van der Waals surface area contributed by atoms with Crippen LogP contribution in [-0.4, -0.2) is 19.4 Å². The van der Waals surface area contributed by atoms with Crippen LogP contribution in [0, 0.1) is 0 Å². The minimum atomic E-state index is 0.663. The predicted octanol–water partition coefficient (Wildman–Crippen LogP) is 5.78. The molecule has 3 aromatic rings. The lowest BCUT2D eigenvalue weighted by atomic mass is 10.0. The Labute approximate surface area is 148 Å². The van der Waals surface area contributed by atoms with Gasteiger partial charge in [-0.3, -0.25) is 4.99 Å². The molecule has 0 fully saturated rings. The largest absolute Gasteiger partial charge is 0.494 e. The molecule has 3 nitrogen and oxygen atoms in total. The standard InChI is InChI=1S/C22H23NO2/c1-3-15-25-22-14-9-17-7-5-6-8-20(17)21(22)16-23-18-10-12-19(13-11-18)24-4-2/h5-14,16H,3-4,15H2,1-2H3. The van der Waals surface area contributed by atoms with Crippen LogP contribution in [0.15, 0.2) is 65.7 Å². The fourth-order valence-corrected chi connectivity index (χ4v) is 2.68. The molecule has 0 radical (unpaired) electrons. The lowest BCUT2D eigenvalue weighted by Gasteiger charge is -2.11. The van der Waals surface area contributed by atoms with E-state index in [9.17, 15) is 0 Å². The molecule has 0 N–H and O–H groups in total. The molecule has 128 valence electrons. The molecular formula is C22H23NO2. The number of aliphatic imine (C=N–C) groups is 1. The molecule has 0 aliphatic carbocycles. The Morgan fingerprint density at radius 3 is 2.44 bits per heavy atom. The summed E-state index contributed by atoms with van der Waals surface area (Å²) in [6, 6.07) is 20.2. The predicted molar refractivity (Wildman–Crippen MR) is 105 cm³/mol. The first-order valence-electron chi connectivity index (χ1n) is 8.73. The third kappa shape index (κ3) is 4.18. The summed E-state index contributed by atoms with van der Waals surface area (Å²) in [7, 11) is 0. The molecule has 0 heterocycles. The number of hydrogen-bond acceptors (Lipinski definition) is 3. The zero-order valence-electron chi connectivity index (χ0n) is 14.7. The third-order valence-corrected chi connectivity index (χ3v) is 3.88. The van der Waals surface area contributed by atoms with Crippen molar-refractivity contribution in [2.75, 3.05) is 13.2 Å². The van der Waals surface area contributed by atoms with Gasteiger partial charge in [-0.25, -0.2) is 0 Å². The quantitative estimate of drug-likeness (QED) is 0.513. The minimum Gasteiger partial charge on any atom is -0.494 e. The van der Waals surface area contributed by atoms with E-state index in [-0.39, 0.29) is 0 Å². The maximum absolute atomic E-state index is 5.92. The van der Waals surface area contributed by atoms with Gasteiger partial charge >= 0.3 is 0 Å². The molecule has 0 aromatic heterocycles. The van der Waals surface area contributed by atoms with Crippen LogP contribution < -0.4 is 9.47 Å². The number of ether oxygens (including phenoxy) is 2. The second-order valence-corrected chi connectivity index (χ2v) is 5.73. The molecule has 3 rings (SSSR count). The Kier molecular flexibility index (Phi) is 5.68. The van der Waals surface area contributed by atoms with E-state index >= 15 is 0 Å². The van der Waals surface area contributed by atoms with Crippen molar-refractivity contribution in [1.29, 1.82) is 0 Å². The van der Waals surface area contributed by atoms with E-state index in [0.717, 1.165) is 34.6 Å². The summed E-state index contributed by atoms with van der Waals surface area (Å²) in [5.41, 5.74) is 1.90. The van der Waals surface area contributed by atoms with Gasteiger partial charge in [0.25, 0.3) is 0 Å². The highest BCUT2D eigenvalue weighted by Gasteiger charge is 2.07. The van der Waals surface area contributed by atoms with E-state index in [0.29, 0.717) is 13.2 Å². The van der Waals surface area contributed by atoms with Gasteiger partial charge in [0.15, 0.2) is 0 Å². The molecular weight excluding hydrogens is 310 g/mol. The van der Waals surface area contributed by atoms with E-state index in [1.54, 1.807) is 0 Å². The summed E-state index contributed by atoms with van der Waals surface area (Å²) in [5.74, 6) is 1.73. The van der Waals surface area contributed by atoms with Crippen molar-refractivity contribution in [2.24, 2.45) is 4.99 Å². The smallest absolute Gasteiger partial charge is 0.128 e. The van der Waals surface area contributed by atoms with Crippen LogP contribution in [-0.2, 0) is 0 Å². The van der Waals surface area contributed by atoms with Crippen LogP contribution in [0.1, 0.15) is 25.8 Å². The fraction of sp³-hybridized carbons (Fsp3) is 0.227. The average molecular weight is 333 g/mol. The summed E-state index contributed by atoms with van der Waals surface area (Å²) in [4.78, 5) is 4.64. The Balaban J connectivity index is 1.95. The normalized spacial score (nSPS) is 11.1. The van der Waals surface area contributed by atoms with Crippen LogP contribution >= 0.6 is 0 Å². The van der Waals surface area contributed by atoms with Crippen molar-refractivity contribution in [3.05, 3.63) is 66.2 Å². The van der Waals surface area contributed by atoms with Crippen molar-refractivity contribution in [3.8, 4) is 11.5 Å². The van der Waals surface area contributed by atoms with Gasteiger partial charge in [0.05, 0.1) is 18.9 Å². The van der Waals surface area contributed by atoms with Gasteiger partial charge in [0.1, 0.15) is 11.5 Å². The zero-order chi connectivity index (χ0) is 17.5. The van der Waals surface area contributed by atoms with Crippen LogP contribution in [0.2, 0.25) is 0 Å². The molecule has 0 aliphatic heterocycles. The lowest BCUT2D eigenvalue weighted by molar-refractivity contribution is 0.317. The van der Waals surface area contributed by atoms with Gasteiger partial charge in [0.2, 0.25) is 0 Å². The Morgan fingerprint density at radius 2 is 1.68 bits per heavy atom. The second-order valence-electron chi connectivity index (χ2n) is 5.73. The lowest BCUT2D eigenvalue weighted by Crippen LogP contribution is -1.99. The third-order valence-electron chi connectivity index (χ3n) is 3.88. The van der Waals surface area contributed by atoms with Gasteiger partial charge in [-0.2, -0.15) is 0 Å².